The van der Waals surface area contributed by atoms with Crippen molar-refractivity contribution in [2.75, 3.05) is 14.2 Å². The van der Waals surface area contributed by atoms with Gasteiger partial charge >= 0.3 is 5.97 Å². The number of methoxy groups -OCH3 is 2. The molecule has 2 aromatic rings. The zero-order valence-electron chi connectivity index (χ0n) is 17.9. The molecule has 0 unspecified atom stereocenters. The van der Waals surface area contributed by atoms with E-state index in [0.29, 0.717) is 35.3 Å². The highest BCUT2D eigenvalue weighted by Crippen LogP contribution is 2.35. The number of amides is 2. The van der Waals surface area contributed by atoms with Crippen LogP contribution in [0.4, 0.5) is 0 Å². The van der Waals surface area contributed by atoms with Gasteiger partial charge in [-0.2, -0.15) is 0 Å². The van der Waals surface area contributed by atoms with Gasteiger partial charge in [-0.05, 0) is 43.5 Å². The molecule has 1 aliphatic heterocycles. The first kappa shape index (κ1) is 21.5. The van der Waals surface area contributed by atoms with Crippen LogP contribution in [0.25, 0.3) is 0 Å². The van der Waals surface area contributed by atoms with Gasteiger partial charge in [0.2, 0.25) is 0 Å². The van der Waals surface area contributed by atoms with E-state index in [4.69, 9.17) is 14.2 Å². The summed E-state index contributed by atoms with van der Waals surface area (Å²) in [6.45, 7) is -0.116. The maximum atomic E-state index is 12.8. The molecule has 2 aliphatic rings. The average Bonchev–Trinajstić information content (AvgIpc) is 3.05. The number of benzene rings is 2. The minimum Gasteiger partial charge on any atom is -0.493 e. The van der Waals surface area contributed by atoms with Crippen molar-refractivity contribution in [1.82, 2.24) is 4.90 Å². The first-order valence-corrected chi connectivity index (χ1v) is 10.4. The van der Waals surface area contributed by atoms with E-state index in [0.717, 1.165) is 17.7 Å². The standard InChI is InChI=1S/C24H23NO7/c1-30-20-12-14(24(29)32-19-10-6-5-9-18(19)26)11-15(21(20)31-2)13-25-22(27)16-7-3-4-8-17(16)23(25)28/h3-4,7-8,11-12,19H,5-6,9-10,13H2,1-2H3/t19-/m1/s1. The fourth-order valence-corrected chi connectivity index (χ4v) is 4.10. The number of nitrogens with zero attached hydrogens (tertiary/aromatic N) is 1. The van der Waals surface area contributed by atoms with Crippen molar-refractivity contribution in [2.45, 2.75) is 38.3 Å². The minimum absolute atomic E-state index is 0.0867. The zero-order valence-corrected chi connectivity index (χ0v) is 17.9. The van der Waals surface area contributed by atoms with Crippen LogP contribution >= 0.6 is 0 Å². The summed E-state index contributed by atoms with van der Waals surface area (Å²) in [4.78, 5) is 51.5. The second kappa shape index (κ2) is 8.82. The van der Waals surface area contributed by atoms with Crippen molar-refractivity contribution >= 4 is 23.6 Å². The van der Waals surface area contributed by atoms with Crippen molar-refractivity contribution in [3.8, 4) is 11.5 Å². The number of hydrogen-bond acceptors (Lipinski definition) is 7. The molecule has 1 aliphatic carbocycles. The Morgan fingerprint density at radius 2 is 1.69 bits per heavy atom. The minimum atomic E-state index is -0.760. The summed E-state index contributed by atoms with van der Waals surface area (Å²) >= 11 is 0. The van der Waals surface area contributed by atoms with Gasteiger partial charge < -0.3 is 14.2 Å². The molecular weight excluding hydrogens is 414 g/mol. The SMILES string of the molecule is COc1cc(C(=O)O[C@@H]2CCCCC2=O)cc(CN2C(=O)c3ccccc3C2=O)c1OC. The van der Waals surface area contributed by atoms with Crippen LogP contribution in [-0.4, -0.2) is 48.8 Å². The van der Waals surface area contributed by atoms with Crippen LogP contribution in [0.3, 0.4) is 0 Å². The van der Waals surface area contributed by atoms with Crippen LogP contribution in [0, 0.1) is 0 Å². The topological polar surface area (TPSA) is 99.2 Å². The predicted octanol–water partition coefficient (Wildman–Crippen LogP) is 3.17. The van der Waals surface area contributed by atoms with Gasteiger partial charge in [-0.1, -0.05) is 12.1 Å². The second-order valence-corrected chi connectivity index (χ2v) is 7.72. The number of carbonyl (C=O) groups excluding carboxylic acids is 4. The van der Waals surface area contributed by atoms with Crippen LogP contribution in [0.5, 0.6) is 11.5 Å². The summed E-state index contributed by atoms with van der Waals surface area (Å²) in [6.07, 6.45) is 1.76. The Hall–Kier alpha value is -3.68. The van der Waals surface area contributed by atoms with Crippen molar-refractivity contribution in [2.24, 2.45) is 0 Å². The quantitative estimate of drug-likeness (QED) is 0.506. The summed E-state index contributed by atoms with van der Waals surface area (Å²) in [5.74, 6) is -1.05. The lowest BCUT2D eigenvalue weighted by Crippen LogP contribution is -2.30. The molecule has 0 aromatic heterocycles. The molecule has 0 bridgehead atoms. The molecule has 166 valence electrons. The predicted molar refractivity (Wildman–Crippen MR) is 113 cm³/mol. The van der Waals surface area contributed by atoms with Gasteiger partial charge in [0.1, 0.15) is 0 Å². The molecule has 1 heterocycles. The molecule has 0 saturated heterocycles. The van der Waals surface area contributed by atoms with E-state index in [1.54, 1.807) is 24.3 Å². The molecule has 0 spiro atoms. The lowest BCUT2D eigenvalue weighted by Gasteiger charge is -2.22. The Labute approximate surface area is 185 Å². The Balaban J connectivity index is 1.64. The van der Waals surface area contributed by atoms with E-state index in [1.807, 2.05) is 0 Å². The molecule has 32 heavy (non-hydrogen) atoms. The highest BCUT2D eigenvalue weighted by molar-refractivity contribution is 6.21. The third-order valence-electron chi connectivity index (χ3n) is 5.75. The van der Waals surface area contributed by atoms with Crippen molar-refractivity contribution in [3.05, 3.63) is 58.7 Å². The van der Waals surface area contributed by atoms with Crippen molar-refractivity contribution in [1.29, 1.82) is 0 Å². The molecule has 2 amide bonds. The second-order valence-electron chi connectivity index (χ2n) is 7.72. The monoisotopic (exact) mass is 437 g/mol. The molecule has 1 saturated carbocycles. The largest absolute Gasteiger partial charge is 0.493 e. The number of fused-ring (bicyclic) bond motifs is 1. The smallest absolute Gasteiger partial charge is 0.338 e. The van der Waals surface area contributed by atoms with E-state index in [2.05, 4.69) is 0 Å². The lowest BCUT2D eigenvalue weighted by molar-refractivity contribution is -0.129. The Morgan fingerprint density at radius 1 is 1.00 bits per heavy atom. The first-order valence-electron chi connectivity index (χ1n) is 10.4. The van der Waals surface area contributed by atoms with Crippen LogP contribution in [-0.2, 0) is 16.1 Å². The van der Waals surface area contributed by atoms with Crippen LogP contribution in [0.1, 0.15) is 62.3 Å². The third-order valence-corrected chi connectivity index (χ3v) is 5.75. The summed E-state index contributed by atoms with van der Waals surface area (Å²) in [5, 5.41) is 0. The number of ether oxygens (including phenoxy) is 3. The maximum Gasteiger partial charge on any atom is 0.338 e. The van der Waals surface area contributed by atoms with Gasteiger partial charge in [0.15, 0.2) is 23.4 Å². The van der Waals surface area contributed by atoms with Crippen LogP contribution in [0.15, 0.2) is 36.4 Å². The average molecular weight is 437 g/mol. The molecule has 4 rings (SSSR count). The summed E-state index contributed by atoms with van der Waals surface area (Å²) in [6, 6.07) is 9.55. The van der Waals surface area contributed by atoms with Gasteiger partial charge in [0, 0.05) is 12.0 Å². The number of carbonyl (C=O) groups is 4. The third kappa shape index (κ3) is 3.84. The normalized spacial score (nSPS) is 17.9. The first-order chi connectivity index (χ1) is 15.4. The zero-order chi connectivity index (χ0) is 22.8. The van der Waals surface area contributed by atoms with Crippen LogP contribution in [0.2, 0.25) is 0 Å². The van der Waals surface area contributed by atoms with Gasteiger partial charge in [-0.3, -0.25) is 19.3 Å². The van der Waals surface area contributed by atoms with Gasteiger partial charge in [0.25, 0.3) is 11.8 Å². The summed E-state index contributed by atoms with van der Waals surface area (Å²) < 4.78 is 16.3. The van der Waals surface area contributed by atoms with Gasteiger partial charge in [0.05, 0.1) is 37.5 Å². The molecule has 1 atom stereocenters. The molecule has 1 fully saturated rings. The number of Topliss-reactive ketones (excluding diaryl/α,β-unsaturated/α-hetero) is 1. The van der Waals surface area contributed by atoms with E-state index < -0.39 is 23.9 Å². The number of imide groups is 1. The fraction of sp³-hybridized carbons (Fsp3) is 0.333. The van der Waals surface area contributed by atoms with Gasteiger partial charge in [-0.15, -0.1) is 0 Å². The van der Waals surface area contributed by atoms with Gasteiger partial charge in [-0.25, -0.2) is 4.79 Å². The van der Waals surface area contributed by atoms with E-state index in [1.165, 1.54) is 26.4 Å². The van der Waals surface area contributed by atoms with Crippen molar-refractivity contribution in [3.63, 3.8) is 0 Å². The molecule has 0 N–H and O–H groups in total. The Kier molecular flexibility index (Phi) is 5.94. The van der Waals surface area contributed by atoms with E-state index >= 15 is 0 Å². The number of hydrogen-bond donors (Lipinski definition) is 0. The van der Waals surface area contributed by atoms with Crippen LogP contribution < -0.4 is 9.47 Å². The number of rotatable bonds is 6. The maximum absolute atomic E-state index is 12.8. The molecule has 8 heteroatoms. The lowest BCUT2D eigenvalue weighted by atomic mass is 9.96. The fourth-order valence-electron chi connectivity index (χ4n) is 4.10. The molecule has 8 nitrogen and oxygen atoms in total. The van der Waals surface area contributed by atoms with Crippen molar-refractivity contribution < 1.29 is 33.4 Å². The highest BCUT2D eigenvalue weighted by atomic mass is 16.5. The highest BCUT2D eigenvalue weighted by Gasteiger charge is 2.36. The van der Waals surface area contributed by atoms with E-state index in [-0.39, 0.29) is 23.6 Å². The Morgan fingerprint density at radius 3 is 2.28 bits per heavy atom. The summed E-state index contributed by atoms with van der Waals surface area (Å²) in [7, 11) is 2.85. The molecule has 2 aromatic carbocycles. The molecule has 0 radical (unpaired) electrons. The van der Waals surface area contributed by atoms with E-state index in [9.17, 15) is 19.2 Å². The molecular formula is C24H23NO7. The number of esters is 1. The Bertz CT molecular complexity index is 1070. The summed E-state index contributed by atoms with van der Waals surface area (Å²) in [5.41, 5.74) is 1.21. The number of ketones is 1.